The van der Waals surface area contributed by atoms with Gasteiger partial charge >= 0.3 is 5.97 Å². The van der Waals surface area contributed by atoms with Crippen molar-refractivity contribution in [3.05, 3.63) is 0 Å². The van der Waals surface area contributed by atoms with Gasteiger partial charge in [-0.2, -0.15) is 4.31 Å². The van der Waals surface area contributed by atoms with E-state index in [1.807, 2.05) is 0 Å². The first kappa shape index (κ1) is 18.3. The van der Waals surface area contributed by atoms with E-state index in [2.05, 4.69) is 4.72 Å². The molecule has 1 aliphatic heterocycles. The minimum Gasteiger partial charge on any atom is -0.463 e. The van der Waals surface area contributed by atoms with Gasteiger partial charge in [0.05, 0.1) is 12.0 Å². The first-order valence-electron chi connectivity index (χ1n) is 6.65. The van der Waals surface area contributed by atoms with Gasteiger partial charge in [-0.15, -0.1) is 0 Å². The van der Waals surface area contributed by atoms with Gasteiger partial charge in [0.2, 0.25) is 20.0 Å². The summed E-state index contributed by atoms with van der Waals surface area (Å²) in [5.74, 6) is -0.835. The summed E-state index contributed by atoms with van der Waals surface area (Å²) < 4.78 is 53.9. The molecule has 1 rings (SSSR count). The summed E-state index contributed by atoms with van der Waals surface area (Å²) in [4.78, 5) is 12.1. The highest BCUT2D eigenvalue weighted by molar-refractivity contribution is 7.89. The number of sulfonamides is 2. The second-order valence-electron chi connectivity index (χ2n) is 5.30. The molecule has 0 aromatic rings. The smallest absolute Gasteiger partial charge is 0.324 e. The summed E-state index contributed by atoms with van der Waals surface area (Å²) >= 11 is 0. The maximum atomic E-state index is 12.1. The molecule has 1 N–H and O–H groups in total. The SMILES string of the molecule is CC(C)[C@H](C(=O)OCCNS(C)(=O)=O)N1CCCS1(=O)=O. The van der Waals surface area contributed by atoms with Gasteiger partial charge in [0.25, 0.3) is 0 Å². The summed E-state index contributed by atoms with van der Waals surface area (Å²) in [6, 6.07) is -0.865. The fourth-order valence-corrected chi connectivity index (χ4v) is 4.42. The minimum atomic E-state index is -3.41. The highest BCUT2D eigenvalue weighted by Crippen LogP contribution is 2.22. The van der Waals surface area contributed by atoms with Gasteiger partial charge < -0.3 is 4.74 Å². The highest BCUT2D eigenvalue weighted by atomic mass is 32.2. The molecule has 0 radical (unpaired) electrons. The summed E-state index contributed by atoms with van der Waals surface area (Å²) in [7, 11) is -6.75. The zero-order chi connectivity index (χ0) is 16.3. The first-order chi connectivity index (χ1) is 9.54. The van der Waals surface area contributed by atoms with E-state index in [0.717, 1.165) is 6.26 Å². The maximum absolute atomic E-state index is 12.1. The van der Waals surface area contributed by atoms with Crippen molar-refractivity contribution < 1.29 is 26.4 Å². The molecular formula is C11H22N2O6S2. The van der Waals surface area contributed by atoms with Crippen LogP contribution in [0.2, 0.25) is 0 Å². The Bertz CT molecular complexity index is 570. The van der Waals surface area contributed by atoms with Crippen LogP contribution >= 0.6 is 0 Å². The molecule has 1 aliphatic rings. The average molecular weight is 342 g/mol. The number of carbonyl (C=O) groups is 1. The molecule has 1 fully saturated rings. The number of rotatable bonds is 7. The van der Waals surface area contributed by atoms with E-state index in [9.17, 15) is 21.6 Å². The fourth-order valence-electron chi connectivity index (χ4n) is 2.16. The Kier molecular flexibility index (Phi) is 6.14. The van der Waals surface area contributed by atoms with Crippen molar-refractivity contribution in [1.82, 2.24) is 9.03 Å². The normalized spacial score (nSPS) is 20.6. The largest absolute Gasteiger partial charge is 0.463 e. The van der Waals surface area contributed by atoms with E-state index in [1.54, 1.807) is 13.8 Å². The Labute approximate surface area is 125 Å². The molecule has 0 spiro atoms. The molecule has 0 aliphatic carbocycles. The molecule has 1 saturated heterocycles. The lowest BCUT2D eigenvalue weighted by Gasteiger charge is -2.27. The van der Waals surface area contributed by atoms with Crippen molar-refractivity contribution >= 4 is 26.0 Å². The molecule has 8 nitrogen and oxygen atoms in total. The predicted octanol–water partition coefficient (Wildman–Crippen LogP) is -0.861. The van der Waals surface area contributed by atoms with E-state index in [0.29, 0.717) is 13.0 Å². The average Bonchev–Trinajstić information content (AvgIpc) is 2.63. The molecule has 1 heterocycles. The third kappa shape index (κ3) is 5.53. The molecule has 0 bridgehead atoms. The van der Waals surface area contributed by atoms with E-state index in [1.165, 1.54) is 4.31 Å². The standard InChI is InChI=1S/C11H22N2O6S2/c1-9(2)10(13-6-4-8-21(13,17)18)11(14)19-7-5-12-20(3,15)16/h9-10,12H,4-8H2,1-3H3/t10-/m1/s1. The molecule has 0 aromatic carbocycles. The number of hydrogen-bond donors (Lipinski definition) is 1. The van der Waals surface area contributed by atoms with E-state index in [-0.39, 0.29) is 24.8 Å². The van der Waals surface area contributed by atoms with Crippen molar-refractivity contribution in [2.24, 2.45) is 5.92 Å². The molecule has 1 atom stereocenters. The number of nitrogens with one attached hydrogen (secondary N) is 1. The molecule has 0 saturated carbocycles. The van der Waals surface area contributed by atoms with Crippen LogP contribution in [0, 0.1) is 5.92 Å². The van der Waals surface area contributed by atoms with Crippen LogP contribution < -0.4 is 4.72 Å². The lowest BCUT2D eigenvalue weighted by molar-refractivity contribution is -0.149. The summed E-state index contributed by atoms with van der Waals surface area (Å²) in [5, 5.41) is 0. The number of nitrogens with zero attached hydrogens (tertiary/aromatic N) is 1. The van der Waals surface area contributed by atoms with Crippen LogP contribution in [0.15, 0.2) is 0 Å². The monoisotopic (exact) mass is 342 g/mol. The Hall–Kier alpha value is -0.710. The molecule has 0 amide bonds. The van der Waals surface area contributed by atoms with Crippen molar-refractivity contribution in [3.63, 3.8) is 0 Å². The lowest BCUT2D eigenvalue weighted by Crippen LogP contribution is -2.46. The van der Waals surface area contributed by atoms with Crippen LogP contribution in [0.5, 0.6) is 0 Å². The van der Waals surface area contributed by atoms with Crippen LogP contribution in [0.4, 0.5) is 0 Å². The van der Waals surface area contributed by atoms with Crippen molar-refractivity contribution in [2.45, 2.75) is 26.3 Å². The zero-order valence-corrected chi connectivity index (χ0v) is 14.0. The van der Waals surface area contributed by atoms with Crippen LogP contribution in [0.1, 0.15) is 20.3 Å². The Balaban J connectivity index is 2.63. The number of hydrogen-bond acceptors (Lipinski definition) is 6. The Morgan fingerprint density at radius 2 is 2.00 bits per heavy atom. The minimum absolute atomic E-state index is 0.0395. The van der Waals surface area contributed by atoms with Gasteiger partial charge in [0.1, 0.15) is 12.6 Å². The van der Waals surface area contributed by atoms with Crippen LogP contribution in [0.25, 0.3) is 0 Å². The third-order valence-electron chi connectivity index (χ3n) is 3.03. The van der Waals surface area contributed by atoms with Gasteiger partial charge in [0, 0.05) is 13.1 Å². The lowest BCUT2D eigenvalue weighted by atomic mass is 10.0. The van der Waals surface area contributed by atoms with Crippen molar-refractivity contribution in [2.75, 3.05) is 31.7 Å². The van der Waals surface area contributed by atoms with Crippen molar-refractivity contribution in [1.29, 1.82) is 0 Å². The number of carbonyl (C=O) groups excluding carboxylic acids is 1. The first-order valence-corrected chi connectivity index (χ1v) is 10.2. The molecule has 124 valence electrons. The fraction of sp³-hybridized carbons (Fsp3) is 0.909. The number of esters is 1. The quantitative estimate of drug-likeness (QED) is 0.476. The Morgan fingerprint density at radius 1 is 1.38 bits per heavy atom. The van der Waals surface area contributed by atoms with Crippen LogP contribution in [0.3, 0.4) is 0 Å². The maximum Gasteiger partial charge on any atom is 0.324 e. The van der Waals surface area contributed by atoms with Crippen molar-refractivity contribution in [3.8, 4) is 0 Å². The van der Waals surface area contributed by atoms with Gasteiger partial charge in [-0.05, 0) is 12.3 Å². The second-order valence-corrected chi connectivity index (χ2v) is 9.18. The van der Waals surface area contributed by atoms with Crippen LogP contribution in [-0.2, 0) is 29.6 Å². The molecule has 0 unspecified atom stereocenters. The number of ether oxygens (including phenoxy) is 1. The second kappa shape index (κ2) is 7.03. The predicted molar refractivity (Wildman–Crippen MR) is 77.5 cm³/mol. The van der Waals surface area contributed by atoms with Gasteiger partial charge in [-0.25, -0.2) is 21.6 Å². The molecule has 0 aromatic heterocycles. The molecular weight excluding hydrogens is 320 g/mol. The van der Waals surface area contributed by atoms with E-state index in [4.69, 9.17) is 4.74 Å². The topological polar surface area (TPSA) is 110 Å². The zero-order valence-electron chi connectivity index (χ0n) is 12.4. The molecule has 10 heteroatoms. The van der Waals surface area contributed by atoms with E-state index < -0.39 is 32.1 Å². The third-order valence-corrected chi connectivity index (χ3v) is 5.69. The summed E-state index contributed by atoms with van der Waals surface area (Å²) in [6.07, 6.45) is 1.50. The van der Waals surface area contributed by atoms with E-state index >= 15 is 0 Å². The summed E-state index contributed by atoms with van der Waals surface area (Å²) in [6.45, 7) is 3.62. The van der Waals surface area contributed by atoms with Gasteiger partial charge in [-0.3, -0.25) is 4.79 Å². The molecule has 21 heavy (non-hydrogen) atoms. The highest BCUT2D eigenvalue weighted by Gasteiger charge is 2.40. The van der Waals surface area contributed by atoms with Gasteiger partial charge in [0.15, 0.2) is 0 Å². The van der Waals surface area contributed by atoms with Gasteiger partial charge in [-0.1, -0.05) is 13.8 Å². The van der Waals surface area contributed by atoms with Crippen LogP contribution in [-0.4, -0.2) is 64.9 Å². The summed E-state index contributed by atoms with van der Waals surface area (Å²) in [5.41, 5.74) is 0. The Morgan fingerprint density at radius 3 is 2.43 bits per heavy atom.